The molecule has 0 saturated carbocycles. The monoisotopic (exact) mass is 271 g/mol. The van der Waals surface area contributed by atoms with Crippen molar-refractivity contribution in [3.63, 3.8) is 0 Å². The summed E-state index contributed by atoms with van der Waals surface area (Å²) in [5.74, 6) is 0.956. The summed E-state index contributed by atoms with van der Waals surface area (Å²) in [6, 6.07) is 1.07. The lowest BCUT2D eigenvalue weighted by Gasteiger charge is -2.23. The van der Waals surface area contributed by atoms with Gasteiger partial charge in [0.25, 0.3) is 0 Å². The van der Waals surface area contributed by atoms with E-state index >= 15 is 0 Å². The largest absolute Gasteiger partial charge is 0.418 e. The maximum absolute atomic E-state index is 13.0. The van der Waals surface area contributed by atoms with Crippen molar-refractivity contribution in [2.75, 3.05) is 31.1 Å². The van der Waals surface area contributed by atoms with Crippen molar-refractivity contribution < 1.29 is 13.2 Å². The van der Waals surface area contributed by atoms with Crippen molar-refractivity contribution in [2.24, 2.45) is 11.8 Å². The van der Waals surface area contributed by atoms with E-state index in [-0.39, 0.29) is 5.69 Å². The Morgan fingerprint density at radius 2 is 2.05 bits per heavy atom. The molecule has 1 N–H and O–H groups in total. The maximum Gasteiger partial charge on any atom is 0.418 e. The van der Waals surface area contributed by atoms with Crippen LogP contribution in [0, 0.1) is 11.8 Å². The number of anilines is 1. The molecule has 1 aromatic heterocycles. The van der Waals surface area contributed by atoms with Crippen molar-refractivity contribution in [3.8, 4) is 0 Å². The molecule has 6 heteroatoms. The maximum atomic E-state index is 13.0. The van der Waals surface area contributed by atoms with Gasteiger partial charge in [0.1, 0.15) is 0 Å². The van der Waals surface area contributed by atoms with Gasteiger partial charge in [-0.25, -0.2) is 0 Å². The Kier molecular flexibility index (Phi) is 3.12. The molecule has 0 unspecified atom stereocenters. The summed E-state index contributed by atoms with van der Waals surface area (Å²) in [6.07, 6.45) is -0.725. The molecule has 1 aromatic rings. The Labute approximate surface area is 109 Å². The smallest absolute Gasteiger partial charge is 0.369 e. The summed E-state index contributed by atoms with van der Waals surface area (Å²) >= 11 is 0. The number of alkyl halides is 3. The molecule has 0 aromatic carbocycles. The highest BCUT2D eigenvalue weighted by Crippen LogP contribution is 2.39. The normalized spacial score (nSPS) is 27.4. The molecule has 0 spiro atoms. The number of rotatable bonds is 1. The summed E-state index contributed by atoms with van der Waals surface area (Å²) in [5.41, 5.74) is -0.349. The number of nitrogens with zero attached hydrogens (tertiary/aromatic N) is 2. The summed E-state index contributed by atoms with van der Waals surface area (Å²) in [7, 11) is 0. The third kappa shape index (κ3) is 2.41. The van der Waals surface area contributed by atoms with E-state index in [9.17, 15) is 13.2 Å². The molecule has 3 nitrogen and oxygen atoms in total. The fourth-order valence-electron chi connectivity index (χ4n) is 3.15. The third-order valence-electron chi connectivity index (χ3n) is 4.12. The SMILES string of the molecule is FC(F)(F)c1ccncc1N1C[C@H]2CNCC[C@H]2C1. The molecular weight excluding hydrogens is 255 g/mol. The van der Waals surface area contributed by atoms with Crippen molar-refractivity contribution in [2.45, 2.75) is 12.6 Å². The van der Waals surface area contributed by atoms with Crippen LogP contribution in [0.15, 0.2) is 18.5 Å². The van der Waals surface area contributed by atoms with Crippen LogP contribution in [-0.4, -0.2) is 31.2 Å². The van der Waals surface area contributed by atoms with E-state index in [0.717, 1.165) is 25.6 Å². The third-order valence-corrected chi connectivity index (χ3v) is 4.12. The lowest BCUT2D eigenvalue weighted by molar-refractivity contribution is -0.137. The van der Waals surface area contributed by atoms with Gasteiger partial charge in [-0.05, 0) is 37.4 Å². The molecule has 19 heavy (non-hydrogen) atoms. The topological polar surface area (TPSA) is 28.2 Å². The van der Waals surface area contributed by atoms with Gasteiger partial charge in [0, 0.05) is 19.3 Å². The van der Waals surface area contributed by atoms with Crippen molar-refractivity contribution in [1.82, 2.24) is 10.3 Å². The second kappa shape index (κ2) is 4.67. The average Bonchev–Trinajstić information content (AvgIpc) is 2.81. The number of fused-ring (bicyclic) bond motifs is 1. The van der Waals surface area contributed by atoms with Gasteiger partial charge in [-0.15, -0.1) is 0 Å². The van der Waals surface area contributed by atoms with Crippen LogP contribution in [-0.2, 0) is 6.18 Å². The number of nitrogens with one attached hydrogen (secondary N) is 1. The van der Waals surface area contributed by atoms with E-state index in [2.05, 4.69) is 10.3 Å². The highest BCUT2D eigenvalue weighted by atomic mass is 19.4. The first kappa shape index (κ1) is 12.7. The molecule has 2 aliphatic rings. The minimum absolute atomic E-state index is 0.226. The number of halogens is 3. The summed E-state index contributed by atoms with van der Waals surface area (Å²) in [4.78, 5) is 5.71. The zero-order chi connectivity index (χ0) is 13.5. The predicted molar refractivity (Wildman–Crippen MR) is 65.9 cm³/mol. The number of hydrogen-bond acceptors (Lipinski definition) is 3. The Morgan fingerprint density at radius 3 is 2.79 bits per heavy atom. The van der Waals surface area contributed by atoms with E-state index < -0.39 is 11.7 Å². The first-order valence-electron chi connectivity index (χ1n) is 6.52. The van der Waals surface area contributed by atoms with E-state index in [4.69, 9.17) is 0 Å². The minimum Gasteiger partial charge on any atom is -0.369 e. The fraction of sp³-hybridized carbons (Fsp3) is 0.615. The second-order valence-corrected chi connectivity index (χ2v) is 5.31. The molecule has 2 atom stereocenters. The summed E-state index contributed by atoms with van der Waals surface area (Å²) in [6.45, 7) is 3.27. The van der Waals surface area contributed by atoms with Gasteiger partial charge in [-0.2, -0.15) is 13.2 Å². The van der Waals surface area contributed by atoms with Crippen LogP contribution < -0.4 is 10.2 Å². The Bertz CT molecular complexity index is 447. The lowest BCUT2D eigenvalue weighted by atomic mass is 9.90. The number of piperidine rings is 1. The number of pyridine rings is 1. The van der Waals surface area contributed by atoms with Crippen LogP contribution >= 0.6 is 0 Å². The molecule has 0 amide bonds. The molecule has 3 heterocycles. The molecule has 2 fully saturated rings. The summed E-state index contributed by atoms with van der Waals surface area (Å²) < 4.78 is 39.0. The number of hydrogen-bond donors (Lipinski definition) is 1. The molecule has 2 aliphatic heterocycles. The highest BCUT2D eigenvalue weighted by Gasteiger charge is 2.39. The van der Waals surface area contributed by atoms with Crippen molar-refractivity contribution >= 4 is 5.69 Å². The molecule has 104 valence electrons. The van der Waals surface area contributed by atoms with Crippen LogP contribution in [0.2, 0.25) is 0 Å². The van der Waals surface area contributed by atoms with E-state index in [1.54, 1.807) is 0 Å². The first-order valence-corrected chi connectivity index (χ1v) is 6.52. The molecule has 3 rings (SSSR count). The average molecular weight is 271 g/mol. The van der Waals surface area contributed by atoms with Gasteiger partial charge in [0.15, 0.2) is 0 Å². The molecule has 0 aliphatic carbocycles. The van der Waals surface area contributed by atoms with E-state index in [1.807, 2.05) is 4.90 Å². The highest BCUT2D eigenvalue weighted by molar-refractivity contribution is 5.54. The van der Waals surface area contributed by atoms with Gasteiger partial charge < -0.3 is 10.2 Å². The van der Waals surface area contributed by atoms with Crippen molar-refractivity contribution in [3.05, 3.63) is 24.0 Å². The van der Waals surface area contributed by atoms with Crippen LogP contribution in [0.3, 0.4) is 0 Å². The second-order valence-electron chi connectivity index (χ2n) is 5.31. The lowest BCUT2D eigenvalue weighted by Crippen LogP contribution is -2.35. The zero-order valence-corrected chi connectivity index (χ0v) is 10.5. The Morgan fingerprint density at radius 1 is 1.26 bits per heavy atom. The van der Waals surface area contributed by atoms with Crippen molar-refractivity contribution in [1.29, 1.82) is 0 Å². The van der Waals surface area contributed by atoms with Gasteiger partial charge in [-0.3, -0.25) is 4.98 Å². The van der Waals surface area contributed by atoms with Gasteiger partial charge >= 0.3 is 6.18 Å². The number of aromatic nitrogens is 1. The van der Waals surface area contributed by atoms with Crippen LogP contribution in [0.25, 0.3) is 0 Å². The van der Waals surface area contributed by atoms with Gasteiger partial charge in [0.05, 0.1) is 17.4 Å². The molecule has 2 saturated heterocycles. The van der Waals surface area contributed by atoms with E-state index in [1.165, 1.54) is 12.4 Å². The quantitative estimate of drug-likeness (QED) is 0.848. The van der Waals surface area contributed by atoms with Gasteiger partial charge in [0.2, 0.25) is 0 Å². The van der Waals surface area contributed by atoms with Crippen LogP contribution in [0.4, 0.5) is 18.9 Å². The van der Waals surface area contributed by atoms with Gasteiger partial charge in [-0.1, -0.05) is 0 Å². The molecule has 0 radical (unpaired) electrons. The predicted octanol–water partition coefficient (Wildman–Crippen LogP) is 2.15. The Balaban J connectivity index is 1.87. The molecule has 0 bridgehead atoms. The summed E-state index contributed by atoms with van der Waals surface area (Å²) in [5, 5.41) is 3.31. The standard InChI is InChI=1S/C13H16F3N3/c14-13(15,16)11-2-4-18-6-12(11)19-7-9-1-3-17-5-10(9)8-19/h2,4,6,9-10,17H,1,3,5,7-8H2/t9-,10+/m0/s1. The first-order chi connectivity index (χ1) is 9.05. The van der Waals surface area contributed by atoms with E-state index in [0.29, 0.717) is 24.9 Å². The van der Waals surface area contributed by atoms with Crippen LogP contribution in [0.1, 0.15) is 12.0 Å². The van der Waals surface area contributed by atoms with Crippen LogP contribution in [0.5, 0.6) is 0 Å². The minimum atomic E-state index is -4.32. The molecular formula is C13H16F3N3. The fourth-order valence-corrected chi connectivity index (χ4v) is 3.15. The zero-order valence-electron chi connectivity index (χ0n) is 10.5. The Hall–Kier alpha value is -1.30.